The molecule has 0 aliphatic heterocycles. The summed E-state index contributed by atoms with van der Waals surface area (Å²) in [5, 5.41) is 6.21. The van der Waals surface area contributed by atoms with E-state index in [4.69, 9.17) is 11.3 Å². The standard InChI is InChI=1S/C44H28O/c1-3-13-29(14-4-1)31-23-25-34-40-27-32(24-26-41(40)45-42(34)28-31)43-36-19-9-11-21-38(36)44(39-22-12-10-20-37(39)43)35-18-8-7-17-33(35)30-15-5-2-6-16-30/h1-28H/i2D,5D,6D,15D,16D. The van der Waals surface area contributed by atoms with Crippen LogP contribution in [0.15, 0.2) is 174 Å². The lowest BCUT2D eigenvalue weighted by Crippen LogP contribution is -1.92. The van der Waals surface area contributed by atoms with Gasteiger partial charge in [-0.15, -0.1) is 0 Å². The third-order valence-electron chi connectivity index (χ3n) is 8.76. The summed E-state index contributed by atoms with van der Waals surface area (Å²) in [6.07, 6.45) is 0. The summed E-state index contributed by atoms with van der Waals surface area (Å²) in [6.45, 7) is 0. The van der Waals surface area contributed by atoms with Crippen LogP contribution in [0.25, 0.3) is 88.0 Å². The van der Waals surface area contributed by atoms with Gasteiger partial charge in [0.05, 0.1) is 6.85 Å². The predicted molar refractivity (Wildman–Crippen MR) is 190 cm³/mol. The zero-order valence-electron chi connectivity index (χ0n) is 29.2. The second-order valence-electron chi connectivity index (χ2n) is 11.3. The smallest absolute Gasteiger partial charge is 0.136 e. The van der Waals surface area contributed by atoms with Gasteiger partial charge >= 0.3 is 0 Å². The number of benzene rings is 8. The average molecular weight is 578 g/mol. The molecule has 1 heterocycles. The van der Waals surface area contributed by atoms with E-state index in [2.05, 4.69) is 72.8 Å². The largest absolute Gasteiger partial charge is 0.456 e. The lowest BCUT2D eigenvalue weighted by Gasteiger charge is -2.19. The van der Waals surface area contributed by atoms with Gasteiger partial charge in [-0.25, -0.2) is 0 Å². The van der Waals surface area contributed by atoms with E-state index in [1.807, 2.05) is 66.7 Å². The normalized spacial score (nSPS) is 13.1. The fourth-order valence-corrected chi connectivity index (χ4v) is 6.78. The number of furan rings is 1. The van der Waals surface area contributed by atoms with Crippen molar-refractivity contribution in [1.82, 2.24) is 0 Å². The second kappa shape index (κ2) is 10.4. The topological polar surface area (TPSA) is 13.1 Å². The van der Waals surface area contributed by atoms with Crippen LogP contribution in [-0.2, 0) is 0 Å². The molecule has 1 aromatic heterocycles. The Morgan fingerprint density at radius 1 is 0.356 bits per heavy atom. The molecule has 0 radical (unpaired) electrons. The molecule has 0 N–H and O–H groups in total. The molecule has 1 nitrogen and oxygen atoms in total. The summed E-state index contributed by atoms with van der Waals surface area (Å²) >= 11 is 0. The Bertz CT molecular complexity index is 2730. The maximum Gasteiger partial charge on any atom is 0.136 e. The van der Waals surface area contributed by atoms with Crippen molar-refractivity contribution in [1.29, 1.82) is 0 Å². The van der Waals surface area contributed by atoms with E-state index in [-0.39, 0.29) is 29.7 Å². The first-order valence-electron chi connectivity index (χ1n) is 17.5. The molecule has 9 rings (SSSR count). The van der Waals surface area contributed by atoms with Crippen LogP contribution in [0.2, 0.25) is 0 Å². The molecule has 1 heteroatoms. The summed E-state index contributed by atoms with van der Waals surface area (Å²) in [5.41, 5.74) is 8.60. The number of hydrogen-bond acceptors (Lipinski definition) is 1. The second-order valence-corrected chi connectivity index (χ2v) is 11.3. The molecule has 0 amide bonds. The third-order valence-corrected chi connectivity index (χ3v) is 8.76. The van der Waals surface area contributed by atoms with E-state index in [0.29, 0.717) is 5.56 Å². The van der Waals surface area contributed by atoms with Gasteiger partial charge in [0.25, 0.3) is 0 Å². The quantitative estimate of drug-likeness (QED) is 0.190. The molecule has 0 spiro atoms. The summed E-state index contributed by atoms with van der Waals surface area (Å²) in [5.74, 6) is 0. The molecule has 0 saturated carbocycles. The maximum atomic E-state index is 8.79. The van der Waals surface area contributed by atoms with Gasteiger partial charge in [-0.05, 0) is 90.3 Å². The SMILES string of the molecule is [2H]c1c([2H])c([2H])c(-c2ccccc2-c2c3ccccc3c(-c3ccc4oc5cc(-c6ccccc6)ccc5c4c3)c3ccccc23)c([2H])c1[2H]. The zero-order valence-corrected chi connectivity index (χ0v) is 24.2. The lowest BCUT2D eigenvalue weighted by atomic mass is 9.83. The van der Waals surface area contributed by atoms with Crippen LogP contribution < -0.4 is 0 Å². The third kappa shape index (κ3) is 4.17. The van der Waals surface area contributed by atoms with Crippen LogP contribution in [0.3, 0.4) is 0 Å². The Morgan fingerprint density at radius 3 is 1.67 bits per heavy atom. The van der Waals surface area contributed by atoms with Crippen LogP contribution in [-0.4, -0.2) is 0 Å². The van der Waals surface area contributed by atoms with Gasteiger partial charge in [0.2, 0.25) is 0 Å². The zero-order chi connectivity index (χ0) is 34.1. The molecule has 0 saturated heterocycles. The Balaban J connectivity index is 1.30. The first-order valence-corrected chi connectivity index (χ1v) is 15.0. The van der Waals surface area contributed by atoms with Crippen LogP contribution in [0, 0.1) is 0 Å². The number of fused-ring (bicyclic) bond motifs is 5. The molecule has 210 valence electrons. The molecular formula is C44H28O. The van der Waals surface area contributed by atoms with Crippen molar-refractivity contribution in [2.24, 2.45) is 0 Å². The Morgan fingerprint density at radius 2 is 0.956 bits per heavy atom. The van der Waals surface area contributed by atoms with Gasteiger partial charge in [-0.2, -0.15) is 0 Å². The molecule has 0 aliphatic rings. The van der Waals surface area contributed by atoms with Gasteiger partial charge in [-0.1, -0.05) is 145 Å². The Labute approximate surface area is 268 Å². The molecule has 0 fully saturated rings. The molecule has 45 heavy (non-hydrogen) atoms. The van der Waals surface area contributed by atoms with Crippen LogP contribution in [0.5, 0.6) is 0 Å². The minimum Gasteiger partial charge on any atom is -0.456 e. The molecule has 0 bridgehead atoms. The fourth-order valence-electron chi connectivity index (χ4n) is 6.78. The van der Waals surface area contributed by atoms with Gasteiger partial charge in [-0.3, -0.25) is 0 Å². The molecular weight excluding hydrogens is 544 g/mol. The van der Waals surface area contributed by atoms with Crippen molar-refractivity contribution in [2.45, 2.75) is 0 Å². The number of hydrogen-bond donors (Lipinski definition) is 0. The summed E-state index contributed by atoms with van der Waals surface area (Å²) < 4.78 is 48.9. The molecule has 0 atom stereocenters. The summed E-state index contributed by atoms with van der Waals surface area (Å²) in [7, 11) is 0. The van der Waals surface area contributed by atoms with Crippen LogP contribution >= 0.6 is 0 Å². The fraction of sp³-hybridized carbons (Fsp3) is 0. The summed E-state index contributed by atoms with van der Waals surface area (Å²) in [4.78, 5) is 0. The van der Waals surface area contributed by atoms with E-state index in [1.165, 1.54) is 0 Å². The van der Waals surface area contributed by atoms with E-state index >= 15 is 0 Å². The minimum atomic E-state index is -0.402. The van der Waals surface area contributed by atoms with E-state index in [1.54, 1.807) is 0 Å². The highest BCUT2D eigenvalue weighted by atomic mass is 16.3. The van der Waals surface area contributed by atoms with Crippen molar-refractivity contribution >= 4 is 43.5 Å². The van der Waals surface area contributed by atoms with E-state index in [0.717, 1.165) is 76.9 Å². The lowest BCUT2D eigenvalue weighted by molar-refractivity contribution is 0.669. The van der Waals surface area contributed by atoms with Crippen molar-refractivity contribution in [3.63, 3.8) is 0 Å². The Hall–Kier alpha value is -5.92. The van der Waals surface area contributed by atoms with Gasteiger partial charge in [0, 0.05) is 10.8 Å². The Kier molecular flexibility index (Phi) is 4.81. The van der Waals surface area contributed by atoms with Crippen molar-refractivity contribution < 1.29 is 11.3 Å². The van der Waals surface area contributed by atoms with Crippen molar-refractivity contribution in [3.8, 4) is 44.5 Å². The molecule has 0 aliphatic carbocycles. The van der Waals surface area contributed by atoms with Crippen LogP contribution in [0.1, 0.15) is 6.85 Å². The highest BCUT2D eigenvalue weighted by Gasteiger charge is 2.19. The van der Waals surface area contributed by atoms with Gasteiger partial charge in [0.15, 0.2) is 0 Å². The first-order chi connectivity index (χ1) is 24.4. The maximum absolute atomic E-state index is 8.79. The van der Waals surface area contributed by atoms with Crippen molar-refractivity contribution in [2.75, 3.05) is 0 Å². The molecule has 9 aromatic rings. The van der Waals surface area contributed by atoms with E-state index < -0.39 is 6.04 Å². The van der Waals surface area contributed by atoms with Gasteiger partial charge in [0.1, 0.15) is 11.2 Å². The number of rotatable bonds is 4. The average Bonchev–Trinajstić information content (AvgIpc) is 3.53. The minimum absolute atomic E-state index is 0.191. The van der Waals surface area contributed by atoms with Gasteiger partial charge < -0.3 is 4.42 Å². The van der Waals surface area contributed by atoms with Crippen LogP contribution in [0.4, 0.5) is 0 Å². The monoisotopic (exact) mass is 577 g/mol. The molecule has 8 aromatic carbocycles. The molecule has 0 unspecified atom stereocenters. The van der Waals surface area contributed by atoms with Crippen molar-refractivity contribution in [3.05, 3.63) is 170 Å². The highest BCUT2D eigenvalue weighted by molar-refractivity contribution is 6.23. The first kappa shape index (κ1) is 20.9. The highest BCUT2D eigenvalue weighted by Crippen LogP contribution is 2.46. The summed E-state index contributed by atoms with van der Waals surface area (Å²) in [6, 6.07) is 45.8. The predicted octanol–water partition coefficient (Wildman–Crippen LogP) is 12.6. The van der Waals surface area contributed by atoms with E-state index in [9.17, 15) is 0 Å².